The minimum atomic E-state index is -4.18. The van der Waals surface area contributed by atoms with Crippen molar-refractivity contribution in [1.82, 2.24) is 5.32 Å². The standard InChI is InChI=1S/C12H15F3N2O/c1-8-3-4-9(16)7-10(8)11(18)17-6-2-5-12(13,14)15/h3-4,7H,2,5-6,16H2,1H3,(H,17,18). The first-order chi connectivity index (χ1) is 8.29. The fourth-order valence-electron chi connectivity index (χ4n) is 1.47. The number of halogens is 3. The molecule has 1 aromatic carbocycles. The Kier molecular flexibility index (Phi) is 4.58. The van der Waals surface area contributed by atoms with Crippen molar-refractivity contribution in [2.75, 3.05) is 12.3 Å². The molecular weight excluding hydrogens is 245 g/mol. The van der Waals surface area contributed by atoms with Crippen LogP contribution in [0.25, 0.3) is 0 Å². The molecule has 0 unspecified atom stereocenters. The number of anilines is 1. The summed E-state index contributed by atoms with van der Waals surface area (Å²) in [6.07, 6.45) is -5.21. The van der Waals surface area contributed by atoms with Crippen LogP contribution < -0.4 is 11.1 Å². The first-order valence-electron chi connectivity index (χ1n) is 5.50. The van der Waals surface area contributed by atoms with Crippen LogP contribution in [0, 0.1) is 6.92 Å². The molecule has 3 nitrogen and oxygen atoms in total. The second-order valence-electron chi connectivity index (χ2n) is 4.05. The fourth-order valence-corrected chi connectivity index (χ4v) is 1.47. The lowest BCUT2D eigenvalue weighted by Crippen LogP contribution is -2.26. The Morgan fingerprint density at radius 2 is 2.06 bits per heavy atom. The van der Waals surface area contributed by atoms with Crippen molar-refractivity contribution >= 4 is 11.6 Å². The summed E-state index contributed by atoms with van der Waals surface area (Å²) in [5.74, 6) is -0.401. The van der Waals surface area contributed by atoms with E-state index in [1.807, 2.05) is 0 Å². The quantitative estimate of drug-likeness (QED) is 0.646. The molecule has 18 heavy (non-hydrogen) atoms. The highest BCUT2D eigenvalue weighted by molar-refractivity contribution is 5.96. The van der Waals surface area contributed by atoms with E-state index in [-0.39, 0.29) is 13.0 Å². The molecule has 0 aliphatic heterocycles. The van der Waals surface area contributed by atoms with E-state index in [0.717, 1.165) is 5.56 Å². The zero-order valence-corrected chi connectivity index (χ0v) is 9.97. The Bertz CT molecular complexity index is 430. The summed E-state index contributed by atoms with van der Waals surface area (Å²) in [4.78, 5) is 11.7. The number of hydrogen-bond acceptors (Lipinski definition) is 2. The normalized spacial score (nSPS) is 11.3. The minimum Gasteiger partial charge on any atom is -0.399 e. The highest BCUT2D eigenvalue weighted by Gasteiger charge is 2.26. The van der Waals surface area contributed by atoms with Crippen LogP contribution in [-0.4, -0.2) is 18.6 Å². The molecule has 0 aliphatic carbocycles. The number of amides is 1. The largest absolute Gasteiger partial charge is 0.399 e. The van der Waals surface area contributed by atoms with Crippen LogP contribution in [0.4, 0.5) is 18.9 Å². The minimum absolute atomic E-state index is 0.00736. The maximum atomic E-state index is 11.9. The molecule has 1 amide bonds. The van der Waals surface area contributed by atoms with Gasteiger partial charge in [0.05, 0.1) is 0 Å². The van der Waals surface area contributed by atoms with Crippen molar-refractivity contribution in [3.05, 3.63) is 29.3 Å². The molecule has 0 bridgehead atoms. The van der Waals surface area contributed by atoms with E-state index in [4.69, 9.17) is 5.73 Å². The zero-order chi connectivity index (χ0) is 13.8. The number of alkyl halides is 3. The summed E-state index contributed by atoms with van der Waals surface area (Å²) in [5, 5.41) is 2.45. The molecule has 0 spiro atoms. The van der Waals surface area contributed by atoms with E-state index in [9.17, 15) is 18.0 Å². The topological polar surface area (TPSA) is 55.1 Å². The first kappa shape index (κ1) is 14.3. The predicted octanol–water partition coefficient (Wildman–Crippen LogP) is 2.65. The molecule has 1 rings (SSSR count). The zero-order valence-electron chi connectivity index (χ0n) is 9.97. The third-order valence-electron chi connectivity index (χ3n) is 2.43. The Morgan fingerprint density at radius 1 is 1.39 bits per heavy atom. The van der Waals surface area contributed by atoms with Gasteiger partial charge in [-0.1, -0.05) is 6.07 Å². The molecule has 3 N–H and O–H groups in total. The molecule has 0 aliphatic rings. The van der Waals surface area contributed by atoms with Gasteiger partial charge >= 0.3 is 6.18 Å². The molecule has 0 fully saturated rings. The molecule has 0 saturated heterocycles. The van der Waals surface area contributed by atoms with E-state index < -0.39 is 18.5 Å². The monoisotopic (exact) mass is 260 g/mol. The van der Waals surface area contributed by atoms with Gasteiger partial charge in [-0.3, -0.25) is 4.79 Å². The highest BCUT2D eigenvalue weighted by atomic mass is 19.4. The fraction of sp³-hybridized carbons (Fsp3) is 0.417. The second-order valence-corrected chi connectivity index (χ2v) is 4.05. The van der Waals surface area contributed by atoms with Crippen LogP contribution in [0.5, 0.6) is 0 Å². The van der Waals surface area contributed by atoms with Gasteiger partial charge in [-0.05, 0) is 31.0 Å². The van der Waals surface area contributed by atoms with Gasteiger partial charge in [0.1, 0.15) is 0 Å². The van der Waals surface area contributed by atoms with Crippen LogP contribution in [0.1, 0.15) is 28.8 Å². The van der Waals surface area contributed by atoms with Gasteiger partial charge in [-0.2, -0.15) is 13.2 Å². The molecule has 1 aromatic rings. The lowest BCUT2D eigenvalue weighted by atomic mass is 10.1. The average Bonchev–Trinajstić information content (AvgIpc) is 2.26. The molecule has 0 radical (unpaired) electrons. The smallest absolute Gasteiger partial charge is 0.389 e. The van der Waals surface area contributed by atoms with Crippen LogP contribution in [-0.2, 0) is 0 Å². The van der Waals surface area contributed by atoms with Crippen LogP contribution in [0.2, 0.25) is 0 Å². The molecular formula is C12H15F3N2O. The summed E-state index contributed by atoms with van der Waals surface area (Å²) in [6.45, 7) is 1.73. The number of rotatable bonds is 4. The number of carbonyl (C=O) groups excluding carboxylic acids is 1. The summed E-state index contributed by atoms with van der Waals surface area (Å²) in [7, 11) is 0. The third kappa shape index (κ3) is 4.65. The predicted molar refractivity (Wildman–Crippen MR) is 63.2 cm³/mol. The van der Waals surface area contributed by atoms with Gasteiger partial charge in [0.15, 0.2) is 0 Å². The van der Waals surface area contributed by atoms with Gasteiger partial charge in [-0.25, -0.2) is 0 Å². The van der Waals surface area contributed by atoms with Crippen LogP contribution >= 0.6 is 0 Å². The van der Waals surface area contributed by atoms with Crippen LogP contribution in [0.15, 0.2) is 18.2 Å². The van der Waals surface area contributed by atoms with Crippen molar-refractivity contribution in [2.24, 2.45) is 0 Å². The maximum Gasteiger partial charge on any atom is 0.389 e. The molecule has 0 heterocycles. The van der Waals surface area contributed by atoms with Crippen molar-refractivity contribution in [3.8, 4) is 0 Å². The summed E-state index contributed by atoms with van der Waals surface area (Å²) in [5.41, 5.74) is 7.12. The Morgan fingerprint density at radius 3 is 2.67 bits per heavy atom. The van der Waals surface area contributed by atoms with Gasteiger partial charge in [0.25, 0.3) is 5.91 Å². The summed E-state index contributed by atoms with van der Waals surface area (Å²) < 4.78 is 35.7. The number of benzene rings is 1. The molecule has 100 valence electrons. The number of aryl methyl sites for hydroxylation is 1. The van der Waals surface area contributed by atoms with Gasteiger partial charge in [0.2, 0.25) is 0 Å². The first-order valence-corrected chi connectivity index (χ1v) is 5.50. The van der Waals surface area contributed by atoms with Crippen molar-refractivity contribution in [1.29, 1.82) is 0 Å². The molecule has 0 aromatic heterocycles. The molecule has 0 atom stereocenters. The maximum absolute atomic E-state index is 11.9. The van der Waals surface area contributed by atoms with Crippen molar-refractivity contribution in [2.45, 2.75) is 25.9 Å². The van der Waals surface area contributed by atoms with Gasteiger partial charge in [0, 0.05) is 24.2 Å². The highest BCUT2D eigenvalue weighted by Crippen LogP contribution is 2.20. The van der Waals surface area contributed by atoms with Crippen LogP contribution in [0.3, 0.4) is 0 Å². The number of hydrogen-bond donors (Lipinski definition) is 2. The number of carbonyl (C=O) groups is 1. The van der Waals surface area contributed by atoms with Crippen molar-refractivity contribution in [3.63, 3.8) is 0 Å². The molecule has 0 saturated carbocycles. The Labute approximate surface area is 103 Å². The van der Waals surface area contributed by atoms with E-state index in [1.54, 1.807) is 19.1 Å². The Balaban J connectivity index is 2.48. The summed E-state index contributed by atoms with van der Waals surface area (Å²) >= 11 is 0. The summed E-state index contributed by atoms with van der Waals surface area (Å²) in [6, 6.07) is 4.87. The Hall–Kier alpha value is -1.72. The van der Waals surface area contributed by atoms with E-state index in [2.05, 4.69) is 5.32 Å². The third-order valence-corrected chi connectivity index (χ3v) is 2.43. The number of nitrogens with two attached hydrogens (primary N) is 1. The van der Waals surface area contributed by atoms with Crippen molar-refractivity contribution < 1.29 is 18.0 Å². The lowest BCUT2D eigenvalue weighted by molar-refractivity contribution is -0.135. The van der Waals surface area contributed by atoms with E-state index in [1.165, 1.54) is 6.07 Å². The van der Waals surface area contributed by atoms with E-state index >= 15 is 0 Å². The average molecular weight is 260 g/mol. The van der Waals surface area contributed by atoms with Gasteiger partial charge < -0.3 is 11.1 Å². The second kappa shape index (κ2) is 5.75. The van der Waals surface area contributed by atoms with Gasteiger partial charge in [-0.15, -0.1) is 0 Å². The SMILES string of the molecule is Cc1ccc(N)cc1C(=O)NCCCC(F)(F)F. The number of nitrogen functional groups attached to an aromatic ring is 1. The number of nitrogens with one attached hydrogen (secondary N) is 1. The van der Waals surface area contributed by atoms with E-state index in [0.29, 0.717) is 11.3 Å². The lowest BCUT2D eigenvalue weighted by Gasteiger charge is -2.09. The molecule has 6 heteroatoms.